The number of rotatable bonds is 6. The Kier molecular flexibility index (Phi) is 6.86. The van der Waals surface area contributed by atoms with Crippen LogP contribution in [0, 0.1) is 17.5 Å². The molecule has 0 bridgehead atoms. The summed E-state index contributed by atoms with van der Waals surface area (Å²) in [5.74, 6) is -1.71. The predicted octanol–water partition coefficient (Wildman–Crippen LogP) is 5.05. The molecule has 0 aliphatic carbocycles. The molecule has 0 radical (unpaired) electrons. The second-order valence-electron chi connectivity index (χ2n) is 7.56. The first-order valence-electron chi connectivity index (χ1n) is 10.6. The van der Waals surface area contributed by atoms with E-state index in [4.69, 9.17) is 15.5 Å². The Morgan fingerprint density at radius 1 is 1.14 bits per heavy atom. The van der Waals surface area contributed by atoms with Crippen LogP contribution in [0.3, 0.4) is 0 Å². The van der Waals surface area contributed by atoms with E-state index in [1.165, 1.54) is 23.6 Å². The summed E-state index contributed by atoms with van der Waals surface area (Å²) in [6, 6.07) is 9.39. The molecule has 2 aromatic carbocycles. The average Bonchev–Trinajstić information content (AvgIpc) is 3.31. The van der Waals surface area contributed by atoms with Crippen molar-refractivity contribution in [3.8, 4) is 21.8 Å². The highest BCUT2D eigenvalue weighted by Crippen LogP contribution is 2.41. The van der Waals surface area contributed by atoms with Gasteiger partial charge in [0.05, 0.1) is 46.1 Å². The smallest absolute Gasteiger partial charge is 0.220 e. The van der Waals surface area contributed by atoms with Crippen LogP contribution in [0.2, 0.25) is 0 Å². The van der Waals surface area contributed by atoms with E-state index in [9.17, 15) is 8.78 Å². The zero-order valence-electron chi connectivity index (χ0n) is 18.1. The van der Waals surface area contributed by atoms with Crippen LogP contribution in [0.15, 0.2) is 53.6 Å². The van der Waals surface area contributed by atoms with Gasteiger partial charge in [0, 0.05) is 18.3 Å². The van der Waals surface area contributed by atoms with Gasteiger partial charge in [-0.2, -0.15) is 0 Å². The molecule has 1 aliphatic rings. The fourth-order valence-electron chi connectivity index (χ4n) is 3.53. The van der Waals surface area contributed by atoms with Crippen molar-refractivity contribution < 1.29 is 17.9 Å². The van der Waals surface area contributed by atoms with E-state index >= 15 is 4.39 Å². The molecule has 180 valence electrons. The number of nitrogens with two attached hydrogens (primary N) is 1. The number of morpholine rings is 1. The van der Waals surface area contributed by atoms with E-state index in [2.05, 4.69) is 20.0 Å². The molecule has 1 unspecified atom stereocenters. The van der Waals surface area contributed by atoms with Gasteiger partial charge in [0.25, 0.3) is 0 Å². The Labute approximate surface area is 207 Å². The van der Waals surface area contributed by atoms with Crippen molar-refractivity contribution in [3.05, 3.63) is 71.1 Å². The number of nitrogens with one attached hydrogen (secondary N) is 2. The lowest BCUT2D eigenvalue weighted by atomic mass is 10.1. The second kappa shape index (κ2) is 10.2. The van der Waals surface area contributed by atoms with E-state index in [1.807, 2.05) is 0 Å². The summed E-state index contributed by atoms with van der Waals surface area (Å²) in [4.78, 5) is 13.6. The minimum absolute atomic E-state index is 0.00581. The van der Waals surface area contributed by atoms with Crippen molar-refractivity contribution in [1.29, 1.82) is 0 Å². The van der Waals surface area contributed by atoms with Crippen LogP contribution in [0.5, 0.6) is 0 Å². The number of anilines is 2. The lowest BCUT2D eigenvalue weighted by Gasteiger charge is -2.21. The third kappa shape index (κ3) is 5.10. The number of benzene rings is 2. The molecule has 1 saturated heterocycles. The molecule has 4 aromatic rings. The third-order valence-corrected chi connectivity index (χ3v) is 7.23. The van der Waals surface area contributed by atoms with E-state index < -0.39 is 17.5 Å². The Hall–Kier alpha value is -3.19. The molecule has 1 aliphatic heterocycles. The first-order chi connectivity index (χ1) is 17.0. The molecular weight excluding hydrogens is 497 g/mol. The molecule has 0 spiro atoms. The van der Waals surface area contributed by atoms with Crippen molar-refractivity contribution in [2.24, 2.45) is 0 Å². The molecule has 1 fully saturated rings. The minimum Gasteiger partial charge on any atom is -0.378 e. The Bertz CT molecular complexity index is 1360. The van der Waals surface area contributed by atoms with Crippen LogP contribution in [-0.4, -0.2) is 34.7 Å². The van der Waals surface area contributed by atoms with Gasteiger partial charge in [-0.25, -0.2) is 28.1 Å². The van der Waals surface area contributed by atoms with Crippen LogP contribution in [-0.2, 0) is 4.74 Å². The number of nitrogens with zero attached hydrogens (tertiary/aromatic N) is 3. The SMILES string of the molecule is Nc1nccc(-c2sc(C3COCCN3)nc2-c2cccc(NSc3cc(F)ccc3F)c2F)n1. The Morgan fingerprint density at radius 3 is 2.83 bits per heavy atom. The van der Waals surface area contributed by atoms with Crippen molar-refractivity contribution in [3.63, 3.8) is 0 Å². The van der Waals surface area contributed by atoms with Gasteiger partial charge in [-0.15, -0.1) is 11.3 Å². The summed E-state index contributed by atoms with van der Waals surface area (Å²) in [7, 11) is 0. The number of hydrogen-bond acceptors (Lipinski definition) is 9. The van der Waals surface area contributed by atoms with E-state index in [0.717, 1.165) is 35.2 Å². The van der Waals surface area contributed by atoms with Gasteiger partial charge < -0.3 is 20.5 Å². The number of ether oxygens (including phenoxy) is 1. The van der Waals surface area contributed by atoms with Gasteiger partial charge in [-0.1, -0.05) is 6.07 Å². The number of nitrogen functional groups attached to an aromatic ring is 1. The summed E-state index contributed by atoms with van der Waals surface area (Å²) in [6.07, 6.45) is 1.53. The maximum absolute atomic E-state index is 15.7. The Morgan fingerprint density at radius 2 is 2.03 bits per heavy atom. The van der Waals surface area contributed by atoms with Gasteiger partial charge >= 0.3 is 0 Å². The lowest BCUT2D eigenvalue weighted by Crippen LogP contribution is -2.34. The monoisotopic (exact) mass is 516 g/mol. The summed E-state index contributed by atoms with van der Waals surface area (Å²) in [5, 5.41) is 4.08. The van der Waals surface area contributed by atoms with Crippen LogP contribution in [0.1, 0.15) is 11.0 Å². The predicted molar refractivity (Wildman–Crippen MR) is 130 cm³/mol. The number of halogens is 3. The van der Waals surface area contributed by atoms with Crippen molar-refractivity contribution in [2.45, 2.75) is 10.9 Å². The molecule has 35 heavy (non-hydrogen) atoms. The van der Waals surface area contributed by atoms with Crippen LogP contribution in [0.4, 0.5) is 24.8 Å². The zero-order chi connectivity index (χ0) is 24.4. The molecule has 0 amide bonds. The summed E-state index contributed by atoms with van der Waals surface area (Å²) in [6.45, 7) is 1.73. The van der Waals surface area contributed by atoms with E-state index in [0.29, 0.717) is 36.0 Å². The molecule has 3 heterocycles. The Balaban J connectivity index is 1.53. The quantitative estimate of drug-likeness (QED) is 0.307. The fraction of sp³-hybridized carbons (Fsp3) is 0.174. The normalized spacial score (nSPS) is 15.8. The maximum atomic E-state index is 15.7. The van der Waals surface area contributed by atoms with Crippen molar-refractivity contribution in [1.82, 2.24) is 20.3 Å². The van der Waals surface area contributed by atoms with E-state index in [-0.39, 0.29) is 28.1 Å². The molecule has 0 saturated carbocycles. The standard InChI is InChI=1S/C23H19F3N6OS2/c24-12-4-5-14(25)18(10-12)35-32-15-3-1-2-13(19(15)26)20-21(16-6-7-29-23(27)30-16)34-22(31-20)17-11-33-9-8-28-17/h1-7,10,17,28,32H,8-9,11H2,(H2,27,29,30). The molecule has 5 rings (SSSR count). The van der Waals surface area contributed by atoms with Crippen molar-refractivity contribution >= 4 is 34.9 Å². The zero-order valence-corrected chi connectivity index (χ0v) is 19.7. The van der Waals surface area contributed by atoms with E-state index in [1.54, 1.807) is 18.2 Å². The van der Waals surface area contributed by atoms with Gasteiger partial charge in [-0.05, 0) is 48.3 Å². The summed E-state index contributed by atoms with van der Waals surface area (Å²) in [5.41, 5.74) is 7.01. The minimum atomic E-state index is -0.615. The van der Waals surface area contributed by atoms with Gasteiger partial charge in [0.1, 0.15) is 16.6 Å². The molecular formula is C23H19F3N6OS2. The van der Waals surface area contributed by atoms with Crippen LogP contribution in [0.25, 0.3) is 21.8 Å². The largest absolute Gasteiger partial charge is 0.378 e. The first-order valence-corrected chi connectivity index (χ1v) is 12.2. The molecule has 12 heteroatoms. The van der Waals surface area contributed by atoms with Gasteiger partial charge in [-0.3, -0.25) is 0 Å². The molecule has 4 N–H and O–H groups in total. The highest BCUT2D eigenvalue weighted by molar-refractivity contribution is 8.00. The van der Waals surface area contributed by atoms with Gasteiger partial charge in [0.2, 0.25) is 5.95 Å². The fourth-order valence-corrected chi connectivity index (χ4v) is 5.35. The topological polar surface area (TPSA) is 98.0 Å². The highest BCUT2D eigenvalue weighted by atomic mass is 32.2. The molecule has 2 aromatic heterocycles. The van der Waals surface area contributed by atoms with Crippen LogP contribution < -0.4 is 15.8 Å². The molecule has 1 atom stereocenters. The van der Waals surface area contributed by atoms with Gasteiger partial charge in [0.15, 0.2) is 5.82 Å². The third-order valence-electron chi connectivity index (χ3n) is 5.19. The van der Waals surface area contributed by atoms with Crippen molar-refractivity contribution in [2.75, 3.05) is 30.2 Å². The summed E-state index contributed by atoms with van der Waals surface area (Å²) < 4.78 is 51.5. The number of hydrogen-bond donors (Lipinski definition) is 3. The maximum Gasteiger partial charge on any atom is 0.220 e. The average molecular weight is 517 g/mol. The number of aromatic nitrogens is 3. The highest BCUT2D eigenvalue weighted by Gasteiger charge is 2.25. The van der Waals surface area contributed by atoms with Crippen LogP contribution >= 0.6 is 23.3 Å². The lowest BCUT2D eigenvalue weighted by molar-refractivity contribution is 0.0768. The second-order valence-corrected chi connectivity index (χ2v) is 9.44. The first kappa shape index (κ1) is 23.5. The molecule has 7 nitrogen and oxygen atoms in total. The number of thiazole rings is 1. The summed E-state index contributed by atoms with van der Waals surface area (Å²) >= 11 is 2.14.